The zero-order valence-electron chi connectivity index (χ0n) is 16.0. The molecule has 1 saturated heterocycles. The number of ether oxygens (including phenoxy) is 1. The lowest BCUT2D eigenvalue weighted by Crippen LogP contribution is -2.38. The fourth-order valence-electron chi connectivity index (χ4n) is 3.23. The van der Waals surface area contributed by atoms with Crippen molar-refractivity contribution >= 4 is 17.5 Å². The van der Waals surface area contributed by atoms with Crippen LogP contribution in [0.4, 0.5) is 5.69 Å². The molecule has 1 fully saturated rings. The molecule has 0 unspecified atom stereocenters. The van der Waals surface area contributed by atoms with Crippen molar-refractivity contribution in [2.75, 3.05) is 25.0 Å². The average molecular weight is 366 g/mol. The number of hydrogen-bond donors (Lipinski definition) is 1. The van der Waals surface area contributed by atoms with Gasteiger partial charge in [-0.1, -0.05) is 17.7 Å². The molecule has 1 heterocycles. The summed E-state index contributed by atoms with van der Waals surface area (Å²) in [6.45, 7) is 5.67. The molecule has 2 aromatic rings. The van der Waals surface area contributed by atoms with Gasteiger partial charge in [-0.3, -0.25) is 9.59 Å². The molecule has 0 saturated carbocycles. The summed E-state index contributed by atoms with van der Waals surface area (Å²) in [5.74, 6) is 0.438. The van der Waals surface area contributed by atoms with Crippen molar-refractivity contribution in [3.05, 3.63) is 59.2 Å². The fraction of sp³-hybridized carbons (Fsp3) is 0.364. The van der Waals surface area contributed by atoms with Gasteiger partial charge in [-0.15, -0.1) is 0 Å². The molecule has 1 N–H and O–H groups in total. The molecule has 1 aliphatic heterocycles. The second kappa shape index (κ2) is 8.71. The molecule has 1 aliphatic rings. The Balaban J connectivity index is 1.54. The second-order valence-corrected chi connectivity index (χ2v) is 7.03. The van der Waals surface area contributed by atoms with Crippen LogP contribution in [-0.2, 0) is 4.79 Å². The van der Waals surface area contributed by atoms with Gasteiger partial charge < -0.3 is 15.0 Å². The van der Waals surface area contributed by atoms with Gasteiger partial charge in [0.25, 0.3) is 11.8 Å². The van der Waals surface area contributed by atoms with E-state index < -0.39 is 0 Å². The molecule has 0 atom stereocenters. The summed E-state index contributed by atoms with van der Waals surface area (Å²) in [6, 6.07) is 12.8. The summed E-state index contributed by atoms with van der Waals surface area (Å²) < 4.78 is 5.58. The van der Waals surface area contributed by atoms with E-state index in [9.17, 15) is 9.59 Å². The van der Waals surface area contributed by atoms with Gasteiger partial charge in [0, 0.05) is 24.3 Å². The number of aryl methyl sites for hydroxylation is 2. The maximum atomic E-state index is 12.4. The van der Waals surface area contributed by atoms with Crippen LogP contribution in [0.3, 0.4) is 0 Å². The third-order valence-electron chi connectivity index (χ3n) is 4.82. The number of carbonyl (C=O) groups excluding carboxylic acids is 2. The Morgan fingerprint density at radius 2 is 1.70 bits per heavy atom. The Hall–Kier alpha value is -2.82. The Morgan fingerprint density at radius 3 is 2.37 bits per heavy atom. The summed E-state index contributed by atoms with van der Waals surface area (Å²) in [4.78, 5) is 26.4. The Morgan fingerprint density at radius 1 is 1.00 bits per heavy atom. The SMILES string of the molecule is Cc1ccc(NC(=O)c2ccc(OCC(=O)N3CCCCC3)cc2)c(C)c1. The van der Waals surface area contributed by atoms with Crippen LogP contribution in [0.2, 0.25) is 0 Å². The number of carbonyl (C=O) groups is 2. The average Bonchev–Trinajstić information content (AvgIpc) is 2.69. The highest BCUT2D eigenvalue weighted by Crippen LogP contribution is 2.18. The standard InChI is InChI=1S/C22H26N2O3/c1-16-6-11-20(17(2)14-16)23-22(26)18-7-9-19(10-8-18)27-15-21(25)24-12-4-3-5-13-24/h6-11,14H,3-5,12-13,15H2,1-2H3,(H,23,26). The van der Waals surface area contributed by atoms with E-state index in [1.54, 1.807) is 24.3 Å². The van der Waals surface area contributed by atoms with E-state index in [-0.39, 0.29) is 18.4 Å². The van der Waals surface area contributed by atoms with Crippen molar-refractivity contribution in [3.63, 3.8) is 0 Å². The van der Waals surface area contributed by atoms with Crippen molar-refractivity contribution in [1.82, 2.24) is 4.90 Å². The maximum Gasteiger partial charge on any atom is 0.260 e. The normalized spacial score (nSPS) is 13.9. The third-order valence-corrected chi connectivity index (χ3v) is 4.82. The Kier molecular flexibility index (Phi) is 6.12. The van der Waals surface area contributed by atoms with Crippen molar-refractivity contribution in [1.29, 1.82) is 0 Å². The van der Waals surface area contributed by atoms with Crippen molar-refractivity contribution < 1.29 is 14.3 Å². The van der Waals surface area contributed by atoms with Gasteiger partial charge in [0.15, 0.2) is 6.61 Å². The van der Waals surface area contributed by atoms with Crippen LogP contribution in [0.25, 0.3) is 0 Å². The van der Waals surface area contributed by atoms with Crippen LogP contribution in [0.5, 0.6) is 5.75 Å². The van der Waals surface area contributed by atoms with Gasteiger partial charge in [-0.05, 0) is 69.0 Å². The van der Waals surface area contributed by atoms with Gasteiger partial charge >= 0.3 is 0 Å². The highest BCUT2D eigenvalue weighted by Gasteiger charge is 2.17. The molecule has 0 radical (unpaired) electrons. The largest absolute Gasteiger partial charge is 0.484 e. The first-order valence-electron chi connectivity index (χ1n) is 9.42. The van der Waals surface area contributed by atoms with E-state index in [0.29, 0.717) is 11.3 Å². The van der Waals surface area contributed by atoms with E-state index >= 15 is 0 Å². The molecule has 0 aliphatic carbocycles. The summed E-state index contributed by atoms with van der Waals surface area (Å²) in [7, 11) is 0. The van der Waals surface area contributed by atoms with Gasteiger partial charge in [-0.2, -0.15) is 0 Å². The van der Waals surface area contributed by atoms with Crippen LogP contribution in [0, 0.1) is 13.8 Å². The first-order chi connectivity index (χ1) is 13.0. The molecule has 142 valence electrons. The first-order valence-corrected chi connectivity index (χ1v) is 9.42. The minimum atomic E-state index is -0.169. The number of nitrogens with zero attached hydrogens (tertiary/aromatic N) is 1. The highest BCUT2D eigenvalue weighted by atomic mass is 16.5. The van der Waals surface area contributed by atoms with E-state index in [1.807, 2.05) is 36.9 Å². The number of likely N-dealkylation sites (tertiary alicyclic amines) is 1. The third kappa shape index (κ3) is 5.09. The predicted molar refractivity (Wildman–Crippen MR) is 106 cm³/mol. The Labute approximate surface area is 160 Å². The lowest BCUT2D eigenvalue weighted by molar-refractivity contribution is -0.134. The number of piperidine rings is 1. The number of amides is 2. The number of hydrogen-bond acceptors (Lipinski definition) is 3. The number of rotatable bonds is 5. The molecular formula is C22H26N2O3. The van der Waals surface area contributed by atoms with Gasteiger partial charge in [-0.25, -0.2) is 0 Å². The molecule has 5 nitrogen and oxygen atoms in total. The lowest BCUT2D eigenvalue weighted by Gasteiger charge is -2.26. The Bertz CT molecular complexity index is 809. The zero-order chi connectivity index (χ0) is 19.2. The summed E-state index contributed by atoms with van der Waals surface area (Å²) in [5.41, 5.74) is 3.54. The van der Waals surface area contributed by atoms with Crippen molar-refractivity contribution in [2.24, 2.45) is 0 Å². The van der Waals surface area contributed by atoms with Gasteiger partial charge in [0.05, 0.1) is 0 Å². The number of benzene rings is 2. The summed E-state index contributed by atoms with van der Waals surface area (Å²) in [5, 5.41) is 2.93. The van der Waals surface area contributed by atoms with E-state index in [2.05, 4.69) is 5.32 Å². The smallest absolute Gasteiger partial charge is 0.260 e. The lowest BCUT2D eigenvalue weighted by atomic mass is 10.1. The van der Waals surface area contributed by atoms with Crippen LogP contribution >= 0.6 is 0 Å². The van der Waals surface area contributed by atoms with E-state index in [0.717, 1.165) is 42.7 Å². The number of anilines is 1. The monoisotopic (exact) mass is 366 g/mol. The van der Waals surface area contributed by atoms with Crippen LogP contribution in [0.1, 0.15) is 40.7 Å². The maximum absolute atomic E-state index is 12.4. The van der Waals surface area contributed by atoms with E-state index in [1.165, 1.54) is 6.42 Å². The quantitative estimate of drug-likeness (QED) is 0.872. The van der Waals surface area contributed by atoms with Gasteiger partial charge in [0.2, 0.25) is 0 Å². The first kappa shape index (κ1) is 19.0. The van der Waals surface area contributed by atoms with Gasteiger partial charge in [0.1, 0.15) is 5.75 Å². The molecule has 0 spiro atoms. The summed E-state index contributed by atoms with van der Waals surface area (Å²) >= 11 is 0. The topological polar surface area (TPSA) is 58.6 Å². The fourth-order valence-corrected chi connectivity index (χ4v) is 3.23. The molecule has 0 aromatic heterocycles. The van der Waals surface area contributed by atoms with Crippen LogP contribution < -0.4 is 10.1 Å². The minimum Gasteiger partial charge on any atom is -0.484 e. The molecule has 0 bridgehead atoms. The molecule has 3 rings (SSSR count). The molecular weight excluding hydrogens is 340 g/mol. The molecule has 2 aromatic carbocycles. The van der Waals surface area contributed by atoms with Crippen LogP contribution in [-0.4, -0.2) is 36.4 Å². The minimum absolute atomic E-state index is 0.0198. The van der Waals surface area contributed by atoms with Crippen molar-refractivity contribution in [3.8, 4) is 5.75 Å². The zero-order valence-corrected chi connectivity index (χ0v) is 16.0. The molecule has 2 amide bonds. The van der Waals surface area contributed by atoms with Crippen LogP contribution in [0.15, 0.2) is 42.5 Å². The van der Waals surface area contributed by atoms with Crippen molar-refractivity contribution in [2.45, 2.75) is 33.1 Å². The predicted octanol–water partition coefficient (Wildman–Crippen LogP) is 3.95. The summed E-state index contributed by atoms with van der Waals surface area (Å²) in [6.07, 6.45) is 3.32. The number of nitrogens with one attached hydrogen (secondary N) is 1. The highest BCUT2D eigenvalue weighted by molar-refractivity contribution is 6.04. The van der Waals surface area contributed by atoms with E-state index in [4.69, 9.17) is 4.74 Å². The second-order valence-electron chi connectivity index (χ2n) is 7.03. The molecule has 27 heavy (non-hydrogen) atoms. The molecule has 5 heteroatoms.